The summed E-state index contributed by atoms with van der Waals surface area (Å²) < 4.78 is 35.7. The predicted molar refractivity (Wildman–Crippen MR) is 105 cm³/mol. The fraction of sp³-hybridized carbons (Fsp3) is 0.176. The van der Waals surface area contributed by atoms with Crippen LogP contribution >= 0.6 is 35.0 Å². The lowest BCUT2D eigenvalue weighted by molar-refractivity contribution is -0.0498. The van der Waals surface area contributed by atoms with Crippen molar-refractivity contribution in [2.45, 2.75) is 11.8 Å². The van der Waals surface area contributed by atoms with Crippen LogP contribution in [0.15, 0.2) is 47.6 Å². The van der Waals surface area contributed by atoms with E-state index in [0.717, 1.165) is 0 Å². The number of benzene rings is 2. The molecule has 2 N–H and O–H groups in total. The standard InChI is InChI=1S/C17H14Cl2F2N4O2S/c18-11-3-6-14(13(19)9-11)26-7-8-28-17-24-23-15(25(17)22)10-1-4-12(5-2-10)27-16(20)21/h1-6,9,16H,7-8,22H2. The first-order valence-electron chi connectivity index (χ1n) is 7.90. The number of alkyl halides is 2. The molecule has 0 radical (unpaired) electrons. The second kappa shape index (κ2) is 9.31. The van der Waals surface area contributed by atoms with Crippen LogP contribution in [-0.4, -0.2) is 33.8 Å². The van der Waals surface area contributed by atoms with Crippen LogP contribution in [0.4, 0.5) is 8.78 Å². The SMILES string of the molecule is Nn1c(SCCOc2ccc(Cl)cc2Cl)nnc1-c1ccc(OC(F)F)cc1. The normalized spacial score (nSPS) is 11.0. The molecule has 0 fully saturated rings. The minimum Gasteiger partial charge on any atom is -0.491 e. The molecule has 3 aromatic rings. The summed E-state index contributed by atoms with van der Waals surface area (Å²) in [6.45, 7) is -2.51. The highest BCUT2D eigenvalue weighted by Crippen LogP contribution is 2.28. The van der Waals surface area contributed by atoms with E-state index in [1.807, 2.05) is 0 Å². The van der Waals surface area contributed by atoms with Gasteiger partial charge in [0.15, 0.2) is 5.82 Å². The molecule has 0 unspecified atom stereocenters. The third-order valence-electron chi connectivity index (χ3n) is 3.47. The Bertz CT molecular complexity index is 941. The Morgan fingerprint density at radius 2 is 1.86 bits per heavy atom. The molecule has 0 spiro atoms. The third kappa shape index (κ3) is 5.18. The molecule has 0 amide bonds. The first-order valence-corrected chi connectivity index (χ1v) is 9.64. The van der Waals surface area contributed by atoms with Gasteiger partial charge in [-0.05, 0) is 42.5 Å². The molecule has 28 heavy (non-hydrogen) atoms. The maximum Gasteiger partial charge on any atom is 0.387 e. The Hall–Kier alpha value is -2.23. The molecule has 3 rings (SSSR count). The molecule has 1 heterocycles. The molecule has 1 aromatic heterocycles. The first-order chi connectivity index (χ1) is 13.4. The van der Waals surface area contributed by atoms with Gasteiger partial charge in [0.2, 0.25) is 5.16 Å². The van der Waals surface area contributed by atoms with Gasteiger partial charge in [-0.3, -0.25) is 0 Å². The predicted octanol–water partition coefficient (Wildman–Crippen LogP) is 4.74. The molecule has 6 nitrogen and oxygen atoms in total. The monoisotopic (exact) mass is 446 g/mol. The Morgan fingerprint density at radius 1 is 1.11 bits per heavy atom. The number of nitrogen functional groups attached to an aromatic ring is 1. The zero-order valence-corrected chi connectivity index (χ0v) is 16.5. The van der Waals surface area contributed by atoms with Gasteiger partial charge < -0.3 is 15.3 Å². The highest BCUT2D eigenvalue weighted by Gasteiger charge is 2.13. The van der Waals surface area contributed by atoms with Gasteiger partial charge in [0.1, 0.15) is 11.5 Å². The second-order valence-electron chi connectivity index (χ2n) is 5.35. The molecule has 0 saturated carbocycles. The van der Waals surface area contributed by atoms with Crippen molar-refractivity contribution in [2.24, 2.45) is 0 Å². The van der Waals surface area contributed by atoms with E-state index in [-0.39, 0.29) is 5.75 Å². The van der Waals surface area contributed by atoms with Crippen molar-refractivity contribution in [3.8, 4) is 22.9 Å². The molecule has 148 valence electrons. The number of halogens is 4. The maximum atomic E-state index is 12.2. The number of rotatable bonds is 8. The summed E-state index contributed by atoms with van der Waals surface area (Å²) in [5, 5.41) is 9.52. The number of ether oxygens (including phenoxy) is 2. The van der Waals surface area contributed by atoms with Gasteiger partial charge in [-0.2, -0.15) is 8.78 Å². The summed E-state index contributed by atoms with van der Waals surface area (Å²) in [4.78, 5) is 0. The van der Waals surface area contributed by atoms with E-state index in [1.165, 1.54) is 28.6 Å². The quantitative estimate of drug-likeness (QED) is 0.306. The van der Waals surface area contributed by atoms with E-state index >= 15 is 0 Å². The number of nitrogens with two attached hydrogens (primary N) is 1. The van der Waals surface area contributed by atoms with Gasteiger partial charge in [0, 0.05) is 16.3 Å². The van der Waals surface area contributed by atoms with Gasteiger partial charge in [-0.15, -0.1) is 10.2 Å². The van der Waals surface area contributed by atoms with Crippen molar-refractivity contribution < 1.29 is 18.3 Å². The number of hydrogen-bond acceptors (Lipinski definition) is 6. The molecule has 11 heteroatoms. The lowest BCUT2D eigenvalue weighted by atomic mass is 10.2. The van der Waals surface area contributed by atoms with Gasteiger partial charge in [-0.1, -0.05) is 35.0 Å². The Morgan fingerprint density at radius 3 is 2.54 bits per heavy atom. The second-order valence-corrected chi connectivity index (χ2v) is 7.26. The van der Waals surface area contributed by atoms with Crippen LogP contribution in [0, 0.1) is 0 Å². The van der Waals surface area contributed by atoms with Gasteiger partial charge in [-0.25, -0.2) is 4.68 Å². The van der Waals surface area contributed by atoms with E-state index in [0.29, 0.717) is 44.7 Å². The summed E-state index contributed by atoms with van der Waals surface area (Å²) >= 11 is 13.2. The van der Waals surface area contributed by atoms with E-state index in [1.54, 1.807) is 30.3 Å². The summed E-state index contributed by atoms with van der Waals surface area (Å²) in [6, 6.07) is 11.0. The highest BCUT2D eigenvalue weighted by atomic mass is 35.5. The zero-order chi connectivity index (χ0) is 20.1. The van der Waals surface area contributed by atoms with E-state index in [9.17, 15) is 8.78 Å². The van der Waals surface area contributed by atoms with Crippen molar-refractivity contribution in [1.82, 2.24) is 14.9 Å². The first kappa shape index (κ1) is 20.5. The van der Waals surface area contributed by atoms with Crippen molar-refractivity contribution in [1.29, 1.82) is 0 Å². The van der Waals surface area contributed by atoms with Crippen molar-refractivity contribution in [3.63, 3.8) is 0 Å². The van der Waals surface area contributed by atoms with Crippen molar-refractivity contribution in [3.05, 3.63) is 52.5 Å². The third-order valence-corrected chi connectivity index (χ3v) is 4.91. The maximum absolute atomic E-state index is 12.2. The Balaban J connectivity index is 1.57. The van der Waals surface area contributed by atoms with E-state index in [2.05, 4.69) is 14.9 Å². The number of aromatic nitrogens is 3. The summed E-state index contributed by atoms with van der Waals surface area (Å²) in [5.74, 6) is 7.56. The molecular weight excluding hydrogens is 433 g/mol. The lowest BCUT2D eigenvalue weighted by Gasteiger charge is -2.08. The molecule has 0 aliphatic heterocycles. The highest BCUT2D eigenvalue weighted by molar-refractivity contribution is 7.99. The van der Waals surface area contributed by atoms with Crippen molar-refractivity contribution in [2.75, 3.05) is 18.2 Å². The molecule has 0 aliphatic rings. The van der Waals surface area contributed by atoms with E-state index in [4.69, 9.17) is 33.8 Å². The molecule has 2 aromatic carbocycles. The van der Waals surface area contributed by atoms with Crippen molar-refractivity contribution >= 4 is 35.0 Å². The van der Waals surface area contributed by atoms with Crippen LogP contribution in [0.1, 0.15) is 0 Å². The lowest BCUT2D eigenvalue weighted by Crippen LogP contribution is -2.12. The largest absolute Gasteiger partial charge is 0.491 e. The Kier molecular flexibility index (Phi) is 6.82. The van der Waals surface area contributed by atoms with E-state index < -0.39 is 6.61 Å². The minimum atomic E-state index is -2.88. The average Bonchev–Trinajstić information content (AvgIpc) is 3.01. The van der Waals surface area contributed by atoms with Gasteiger partial charge in [0.05, 0.1) is 11.6 Å². The molecular formula is C17H14Cl2F2N4O2S. The molecule has 0 saturated heterocycles. The van der Waals surface area contributed by atoms with Crippen LogP contribution in [0.3, 0.4) is 0 Å². The molecule has 0 bridgehead atoms. The van der Waals surface area contributed by atoms with Crippen LogP contribution in [-0.2, 0) is 0 Å². The molecule has 0 atom stereocenters. The molecule has 0 aliphatic carbocycles. The van der Waals surface area contributed by atoms with Gasteiger partial charge >= 0.3 is 6.61 Å². The van der Waals surface area contributed by atoms with Gasteiger partial charge in [0.25, 0.3) is 0 Å². The number of thioether (sulfide) groups is 1. The fourth-order valence-electron chi connectivity index (χ4n) is 2.23. The Labute approximate surface area is 173 Å². The zero-order valence-electron chi connectivity index (χ0n) is 14.2. The smallest absolute Gasteiger partial charge is 0.387 e. The summed E-state index contributed by atoms with van der Waals surface area (Å²) in [7, 11) is 0. The van der Waals surface area contributed by atoms with Crippen LogP contribution < -0.4 is 15.3 Å². The van der Waals surface area contributed by atoms with Crippen LogP contribution in [0.25, 0.3) is 11.4 Å². The fourth-order valence-corrected chi connectivity index (χ4v) is 3.37. The minimum absolute atomic E-state index is 0.0504. The number of nitrogens with zero attached hydrogens (tertiary/aromatic N) is 3. The average molecular weight is 447 g/mol. The summed E-state index contributed by atoms with van der Waals surface area (Å²) in [5.41, 5.74) is 0.618. The summed E-state index contributed by atoms with van der Waals surface area (Å²) in [6.07, 6.45) is 0. The van der Waals surface area contributed by atoms with Crippen LogP contribution in [0.5, 0.6) is 11.5 Å². The van der Waals surface area contributed by atoms with Crippen LogP contribution in [0.2, 0.25) is 10.0 Å². The number of hydrogen-bond donors (Lipinski definition) is 1. The topological polar surface area (TPSA) is 75.2 Å².